The molecule has 0 aromatic heterocycles. The monoisotopic (exact) mass is 265 g/mol. The van der Waals surface area contributed by atoms with Crippen LogP contribution in [-0.2, 0) is 4.74 Å². The predicted molar refractivity (Wildman–Crippen MR) is 82.2 cm³/mol. The highest BCUT2D eigenvalue weighted by Gasteiger charge is 2.38. The number of nitrogens with one attached hydrogen (secondary N) is 1. The van der Waals surface area contributed by atoms with Gasteiger partial charge in [-0.05, 0) is 39.7 Å². The Labute approximate surface area is 119 Å². The Morgan fingerprint density at radius 3 is 2.37 bits per heavy atom. The third-order valence-electron chi connectivity index (χ3n) is 4.20. The summed E-state index contributed by atoms with van der Waals surface area (Å²) in [6, 6.07) is 0.455. The van der Waals surface area contributed by atoms with Crippen LogP contribution in [0.3, 0.4) is 0 Å². The van der Waals surface area contributed by atoms with Crippen molar-refractivity contribution < 1.29 is 4.74 Å². The number of rotatable bonds is 7. The first-order valence-electron chi connectivity index (χ1n) is 8.06. The van der Waals surface area contributed by atoms with Gasteiger partial charge in [0.2, 0.25) is 0 Å². The molecule has 1 atom stereocenters. The molecule has 0 aromatic carbocycles. The highest BCUT2D eigenvalue weighted by molar-refractivity contribution is 5.00. The Morgan fingerprint density at radius 2 is 1.84 bits per heavy atom. The Morgan fingerprint density at radius 1 is 1.16 bits per heavy atom. The maximum atomic E-state index is 6.29. The van der Waals surface area contributed by atoms with E-state index in [9.17, 15) is 0 Å². The molecule has 2 nitrogen and oxygen atoms in total. The van der Waals surface area contributed by atoms with Crippen LogP contribution in [0.1, 0.15) is 72.1 Å². The van der Waals surface area contributed by atoms with Crippen LogP contribution in [0.25, 0.3) is 0 Å². The molecule has 1 rings (SSSR count). The van der Waals surface area contributed by atoms with Gasteiger partial charge in [0.05, 0.1) is 5.60 Å². The lowest BCUT2D eigenvalue weighted by Crippen LogP contribution is -2.52. The quantitative estimate of drug-likeness (QED) is 0.557. The topological polar surface area (TPSA) is 21.3 Å². The molecular formula is C17H31NO. The Kier molecular flexibility index (Phi) is 8.18. The van der Waals surface area contributed by atoms with Gasteiger partial charge in [0, 0.05) is 19.1 Å². The van der Waals surface area contributed by atoms with Crippen molar-refractivity contribution in [2.75, 3.05) is 13.2 Å². The second-order valence-corrected chi connectivity index (χ2v) is 5.49. The standard InChI is InChI=1S/C17H31NO/c1-4-7-10-13-16(18-5-2)17(19-6-3)14-11-8-9-12-15-17/h16,18H,5-6,8-15H2,1-3H3. The first-order chi connectivity index (χ1) is 9.29. The highest BCUT2D eigenvalue weighted by atomic mass is 16.5. The molecule has 0 radical (unpaired) electrons. The van der Waals surface area contributed by atoms with Gasteiger partial charge < -0.3 is 10.1 Å². The van der Waals surface area contributed by atoms with Crippen molar-refractivity contribution in [3.63, 3.8) is 0 Å². The number of hydrogen-bond donors (Lipinski definition) is 1. The van der Waals surface area contributed by atoms with Crippen LogP contribution in [0.5, 0.6) is 0 Å². The van der Waals surface area contributed by atoms with Crippen LogP contribution in [0.4, 0.5) is 0 Å². The molecule has 0 bridgehead atoms. The summed E-state index contributed by atoms with van der Waals surface area (Å²) < 4.78 is 6.29. The largest absolute Gasteiger partial charge is 0.374 e. The normalized spacial score (nSPS) is 20.2. The molecule has 1 aliphatic rings. The molecule has 110 valence electrons. The van der Waals surface area contributed by atoms with Gasteiger partial charge in [0.25, 0.3) is 0 Å². The fourth-order valence-electron chi connectivity index (χ4n) is 3.35. The summed E-state index contributed by atoms with van der Waals surface area (Å²) in [4.78, 5) is 0. The average Bonchev–Trinajstić information content (AvgIpc) is 2.65. The fraction of sp³-hybridized carbons (Fsp3) is 0.882. The molecule has 1 unspecified atom stereocenters. The molecule has 0 aromatic rings. The zero-order valence-electron chi connectivity index (χ0n) is 13.1. The van der Waals surface area contributed by atoms with Crippen molar-refractivity contribution in [3.8, 4) is 11.8 Å². The summed E-state index contributed by atoms with van der Waals surface area (Å²) >= 11 is 0. The molecule has 1 saturated carbocycles. The third kappa shape index (κ3) is 5.16. The van der Waals surface area contributed by atoms with E-state index in [0.29, 0.717) is 6.04 Å². The summed E-state index contributed by atoms with van der Waals surface area (Å²) in [5, 5.41) is 3.67. The van der Waals surface area contributed by atoms with Crippen molar-refractivity contribution in [1.29, 1.82) is 0 Å². The van der Waals surface area contributed by atoms with Gasteiger partial charge in [-0.15, -0.1) is 11.8 Å². The maximum absolute atomic E-state index is 6.29. The van der Waals surface area contributed by atoms with E-state index in [2.05, 4.69) is 31.0 Å². The van der Waals surface area contributed by atoms with Gasteiger partial charge >= 0.3 is 0 Å². The van der Waals surface area contributed by atoms with E-state index in [0.717, 1.165) is 26.0 Å². The third-order valence-corrected chi connectivity index (χ3v) is 4.20. The molecule has 1 fully saturated rings. The molecule has 19 heavy (non-hydrogen) atoms. The van der Waals surface area contributed by atoms with Gasteiger partial charge in [-0.25, -0.2) is 0 Å². The molecule has 0 spiro atoms. The number of hydrogen-bond acceptors (Lipinski definition) is 2. The van der Waals surface area contributed by atoms with Crippen LogP contribution in [0.2, 0.25) is 0 Å². The van der Waals surface area contributed by atoms with E-state index in [4.69, 9.17) is 4.74 Å². The average molecular weight is 265 g/mol. The number of ether oxygens (including phenoxy) is 1. The Balaban J connectivity index is 2.77. The first-order valence-corrected chi connectivity index (χ1v) is 8.06. The summed E-state index contributed by atoms with van der Waals surface area (Å²) in [5.74, 6) is 6.21. The van der Waals surface area contributed by atoms with Crippen molar-refractivity contribution in [2.45, 2.75) is 83.8 Å². The van der Waals surface area contributed by atoms with Crippen molar-refractivity contribution in [2.24, 2.45) is 0 Å². The second-order valence-electron chi connectivity index (χ2n) is 5.49. The Hall–Kier alpha value is -0.520. The smallest absolute Gasteiger partial charge is 0.0834 e. The van der Waals surface area contributed by atoms with Crippen LogP contribution in [0, 0.1) is 11.8 Å². The van der Waals surface area contributed by atoms with Gasteiger partial charge in [-0.1, -0.05) is 32.6 Å². The summed E-state index contributed by atoms with van der Waals surface area (Å²) in [7, 11) is 0. The zero-order valence-corrected chi connectivity index (χ0v) is 13.1. The molecule has 0 aliphatic heterocycles. The van der Waals surface area contributed by atoms with E-state index >= 15 is 0 Å². The van der Waals surface area contributed by atoms with Gasteiger partial charge in [0.15, 0.2) is 0 Å². The molecule has 2 heteroatoms. The first kappa shape index (κ1) is 16.5. The molecule has 0 heterocycles. The van der Waals surface area contributed by atoms with E-state index in [-0.39, 0.29) is 5.60 Å². The fourth-order valence-corrected chi connectivity index (χ4v) is 3.35. The minimum Gasteiger partial charge on any atom is -0.374 e. The van der Waals surface area contributed by atoms with Crippen molar-refractivity contribution in [3.05, 3.63) is 0 Å². The predicted octanol–water partition coefficient (Wildman–Crippen LogP) is 3.90. The van der Waals surface area contributed by atoms with E-state index in [1.807, 2.05) is 6.92 Å². The van der Waals surface area contributed by atoms with E-state index in [1.165, 1.54) is 38.5 Å². The van der Waals surface area contributed by atoms with Crippen LogP contribution in [-0.4, -0.2) is 24.8 Å². The zero-order chi connectivity index (χ0) is 14.0. The molecule has 1 N–H and O–H groups in total. The molecule has 0 saturated heterocycles. The minimum absolute atomic E-state index is 0.0523. The summed E-state index contributed by atoms with van der Waals surface area (Å²) in [6.45, 7) is 8.07. The lowest BCUT2D eigenvalue weighted by molar-refractivity contribution is -0.0779. The second kappa shape index (κ2) is 9.39. The Bertz CT molecular complexity index is 281. The highest BCUT2D eigenvalue weighted by Crippen LogP contribution is 2.35. The molecule has 0 amide bonds. The van der Waals surface area contributed by atoms with E-state index in [1.54, 1.807) is 0 Å². The SMILES string of the molecule is CC#CCCC(NCC)C1(OCC)CCCCCC1. The summed E-state index contributed by atoms with van der Waals surface area (Å²) in [5.41, 5.74) is 0.0523. The minimum atomic E-state index is 0.0523. The lowest BCUT2D eigenvalue weighted by Gasteiger charge is -2.40. The van der Waals surface area contributed by atoms with Gasteiger partial charge in [0.1, 0.15) is 0 Å². The van der Waals surface area contributed by atoms with Gasteiger partial charge in [-0.3, -0.25) is 0 Å². The number of likely N-dealkylation sites (N-methyl/N-ethyl adjacent to an activating group) is 1. The maximum Gasteiger partial charge on any atom is 0.0834 e. The van der Waals surface area contributed by atoms with Crippen LogP contribution < -0.4 is 5.32 Å². The van der Waals surface area contributed by atoms with E-state index < -0.39 is 0 Å². The van der Waals surface area contributed by atoms with Crippen molar-refractivity contribution >= 4 is 0 Å². The van der Waals surface area contributed by atoms with Crippen molar-refractivity contribution in [1.82, 2.24) is 5.32 Å². The summed E-state index contributed by atoms with van der Waals surface area (Å²) in [6.07, 6.45) is 9.83. The van der Waals surface area contributed by atoms with Crippen LogP contribution >= 0.6 is 0 Å². The molecule has 1 aliphatic carbocycles. The lowest BCUT2D eigenvalue weighted by atomic mass is 9.83. The van der Waals surface area contributed by atoms with Gasteiger partial charge in [-0.2, -0.15) is 0 Å². The molecular weight excluding hydrogens is 234 g/mol. The van der Waals surface area contributed by atoms with Crippen LogP contribution in [0.15, 0.2) is 0 Å².